The van der Waals surface area contributed by atoms with Crippen LogP contribution in [0.15, 0.2) is 97.2 Å². The monoisotopic (exact) mass is 408 g/mol. The molecule has 0 radical (unpaired) electrons. The van der Waals surface area contributed by atoms with Crippen LogP contribution in [0.25, 0.3) is 17.0 Å². The number of fused-ring (bicyclic) bond motifs is 1. The number of carbonyl (C=O) groups is 2. The molecule has 0 aliphatic rings. The van der Waals surface area contributed by atoms with Crippen molar-refractivity contribution in [2.75, 3.05) is 5.32 Å². The van der Waals surface area contributed by atoms with Gasteiger partial charge in [0.1, 0.15) is 6.61 Å². The molecule has 0 spiro atoms. The fourth-order valence-corrected chi connectivity index (χ4v) is 3.10. The highest BCUT2D eigenvalue weighted by Gasteiger charge is 2.07. The van der Waals surface area contributed by atoms with Gasteiger partial charge in [-0.1, -0.05) is 54.6 Å². The van der Waals surface area contributed by atoms with E-state index in [4.69, 9.17) is 4.74 Å². The molecule has 3 aromatic carbocycles. The fourth-order valence-electron chi connectivity index (χ4n) is 3.10. The summed E-state index contributed by atoms with van der Waals surface area (Å²) in [6.45, 7) is 0.123. The summed E-state index contributed by atoms with van der Waals surface area (Å²) in [5, 5.41) is 3.84. The Bertz CT molecular complexity index is 1230. The Balaban J connectivity index is 1.33. The van der Waals surface area contributed by atoms with Crippen LogP contribution in [0.4, 0.5) is 5.69 Å². The molecule has 0 saturated heterocycles. The molecule has 1 amide bonds. The Hall–Kier alpha value is -4.25. The van der Waals surface area contributed by atoms with Gasteiger partial charge in [-0.3, -0.25) is 9.78 Å². The number of benzene rings is 3. The Morgan fingerprint density at radius 2 is 1.65 bits per heavy atom. The predicted molar refractivity (Wildman–Crippen MR) is 121 cm³/mol. The van der Waals surface area contributed by atoms with Crippen molar-refractivity contribution in [3.8, 4) is 0 Å². The molecular weight excluding hydrogens is 388 g/mol. The molecule has 5 heteroatoms. The average Bonchev–Trinajstić information content (AvgIpc) is 2.82. The second kappa shape index (κ2) is 9.50. The van der Waals surface area contributed by atoms with Gasteiger partial charge in [-0.15, -0.1) is 0 Å². The van der Waals surface area contributed by atoms with Gasteiger partial charge in [0.2, 0.25) is 0 Å². The molecule has 0 bridgehead atoms. The van der Waals surface area contributed by atoms with Gasteiger partial charge in [0, 0.05) is 34.5 Å². The Morgan fingerprint density at radius 3 is 2.45 bits per heavy atom. The van der Waals surface area contributed by atoms with Gasteiger partial charge in [0.15, 0.2) is 0 Å². The number of para-hydroxylation sites is 2. The number of anilines is 1. The number of hydrogen-bond acceptors (Lipinski definition) is 4. The van der Waals surface area contributed by atoms with Gasteiger partial charge in [-0.2, -0.15) is 0 Å². The van der Waals surface area contributed by atoms with Crippen molar-refractivity contribution in [3.63, 3.8) is 0 Å². The van der Waals surface area contributed by atoms with Crippen LogP contribution in [0.2, 0.25) is 0 Å². The minimum Gasteiger partial charge on any atom is -0.458 e. The van der Waals surface area contributed by atoms with E-state index in [1.807, 2.05) is 60.7 Å². The van der Waals surface area contributed by atoms with Crippen LogP contribution in [0.1, 0.15) is 21.5 Å². The van der Waals surface area contributed by atoms with E-state index in [2.05, 4.69) is 10.3 Å². The molecule has 5 nitrogen and oxygen atoms in total. The first-order valence-corrected chi connectivity index (χ1v) is 9.83. The largest absolute Gasteiger partial charge is 0.458 e. The van der Waals surface area contributed by atoms with Crippen molar-refractivity contribution in [2.45, 2.75) is 6.61 Å². The van der Waals surface area contributed by atoms with Crippen molar-refractivity contribution in [1.29, 1.82) is 0 Å². The van der Waals surface area contributed by atoms with Crippen LogP contribution in [-0.4, -0.2) is 16.9 Å². The van der Waals surface area contributed by atoms with Crippen LogP contribution in [0.3, 0.4) is 0 Å². The van der Waals surface area contributed by atoms with Crippen LogP contribution >= 0.6 is 0 Å². The predicted octanol–water partition coefficient (Wildman–Crippen LogP) is 5.24. The molecule has 1 N–H and O–H groups in total. The minimum atomic E-state index is -0.446. The zero-order chi connectivity index (χ0) is 21.5. The lowest BCUT2D eigenvalue weighted by atomic mass is 10.1. The van der Waals surface area contributed by atoms with Gasteiger partial charge < -0.3 is 10.1 Å². The van der Waals surface area contributed by atoms with E-state index >= 15 is 0 Å². The van der Waals surface area contributed by atoms with E-state index < -0.39 is 5.97 Å². The molecule has 0 saturated carbocycles. The number of carbonyl (C=O) groups excluding carboxylic acids is 2. The van der Waals surface area contributed by atoms with Crippen molar-refractivity contribution in [3.05, 3.63) is 114 Å². The standard InChI is InChI=1S/C26H20N2O3/c29-24(16-15-21-7-4-6-20-8-5-17-27-25(20)21)31-18-19-11-13-22(14-12-19)26(30)28-23-9-2-1-3-10-23/h1-17H,18H2,(H,28,30). The van der Waals surface area contributed by atoms with E-state index in [1.54, 1.807) is 36.5 Å². The SMILES string of the molecule is O=C(C=Cc1cccc2cccnc12)OCc1ccc(C(=O)Nc2ccccc2)cc1. The van der Waals surface area contributed by atoms with Gasteiger partial charge in [0.25, 0.3) is 5.91 Å². The summed E-state index contributed by atoms with van der Waals surface area (Å²) in [5.74, 6) is -0.639. The molecule has 4 aromatic rings. The maximum absolute atomic E-state index is 12.3. The number of nitrogens with zero attached hydrogens (tertiary/aromatic N) is 1. The van der Waals surface area contributed by atoms with E-state index in [9.17, 15) is 9.59 Å². The maximum Gasteiger partial charge on any atom is 0.331 e. The van der Waals surface area contributed by atoms with E-state index in [-0.39, 0.29) is 12.5 Å². The molecule has 0 aliphatic heterocycles. The summed E-state index contributed by atoms with van der Waals surface area (Å²) in [6, 6.07) is 25.9. The van der Waals surface area contributed by atoms with Crippen LogP contribution < -0.4 is 5.32 Å². The van der Waals surface area contributed by atoms with E-state index in [1.165, 1.54) is 6.08 Å². The molecule has 31 heavy (non-hydrogen) atoms. The molecule has 152 valence electrons. The first-order chi connectivity index (χ1) is 15.2. The van der Waals surface area contributed by atoms with Gasteiger partial charge in [-0.05, 0) is 42.0 Å². The highest BCUT2D eigenvalue weighted by Crippen LogP contribution is 2.17. The van der Waals surface area contributed by atoms with E-state index in [0.29, 0.717) is 5.56 Å². The van der Waals surface area contributed by atoms with Crippen LogP contribution in [0, 0.1) is 0 Å². The third-order valence-electron chi connectivity index (χ3n) is 4.69. The second-order valence-electron chi connectivity index (χ2n) is 6.88. The number of nitrogens with one attached hydrogen (secondary N) is 1. The number of pyridine rings is 1. The normalized spacial score (nSPS) is 10.8. The summed E-state index contributed by atoms with van der Waals surface area (Å²) in [6.07, 6.45) is 4.82. The Morgan fingerprint density at radius 1 is 0.871 bits per heavy atom. The molecule has 1 aromatic heterocycles. The number of rotatable bonds is 6. The highest BCUT2D eigenvalue weighted by atomic mass is 16.5. The van der Waals surface area contributed by atoms with Gasteiger partial charge in [-0.25, -0.2) is 4.79 Å². The topological polar surface area (TPSA) is 68.3 Å². The molecule has 0 aliphatic carbocycles. The average molecular weight is 408 g/mol. The van der Waals surface area contributed by atoms with Crippen LogP contribution in [0.5, 0.6) is 0 Å². The third-order valence-corrected chi connectivity index (χ3v) is 4.69. The van der Waals surface area contributed by atoms with E-state index in [0.717, 1.165) is 27.7 Å². The van der Waals surface area contributed by atoms with Crippen molar-refractivity contribution >= 4 is 34.5 Å². The number of amides is 1. The minimum absolute atomic E-state index is 0.123. The summed E-state index contributed by atoms with van der Waals surface area (Å²) in [7, 11) is 0. The van der Waals surface area contributed by atoms with Gasteiger partial charge >= 0.3 is 5.97 Å². The molecule has 0 atom stereocenters. The van der Waals surface area contributed by atoms with Gasteiger partial charge in [0.05, 0.1) is 5.52 Å². The quantitative estimate of drug-likeness (QED) is 0.350. The first kappa shape index (κ1) is 20.0. The summed E-state index contributed by atoms with van der Waals surface area (Å²) >= 11 is 0. The summed E-state index contributed by atoms with van der Waals surface area (Å²) in [4.78, 5) is 28.8. The lowest BCUT2D eigenvalue weighted by Gasteiger charge is -2.06. The summed E-state index contributed by atoms with van der Waals surface area (Å²) in [5.41, 5.74) is 3.74. The number of hydrogen-bond donors (Lipinski definition) is 1. The second-order valence-corrected chi connectivity index (χ2v) is 6.88. The Labute approximate surface area is 180 Å². The molecular formula is C26H20N2O3. The lowest BCUT2D eigenvalue weighted by Crippen LogP contribution is -2.11. The number of ether oxygens (including phenoxy) is 1. The smallest absolute Gasteiger partial charge is 0.331 e. The maximum atomic E-state index is 12.3. The third kappa shape index (κ3) is 5.22. The molecule has 4 rings (SSSR count). The summed E-state index contributed by atoms with van der Waals surface area (Å²) < 4.78 is 5.31. The van der Waals surface area contributed by atoms with Crippen LogP contribution in [-0.2, 0) is 16.1 Å². The van der Waals surface area contributed by atoms with Crippen molar-refractivity contribution in [1.82, 2.24) is 4.98 Å². The lowest BCUT2D eigenvalue weighted by molar-refractivity contribution is -0.138. The number of esters is 1. The fraction of sp³-hybridized carbons (Fsp3) is 0.0385. The zero-order valence-corrected chi connectivity index (χ0v) is 16.7. The highest BCUT2D eigenvalue weighted by molar-refractivity contribution is 6.04. The first-order valence-electron chi connectivity index (χ1n) is 9.83. The zero-order valence-electron chi connectivity index (χ0n) is 16.7. The molecule has 1 heterocycles. The van der Waals surface area contributed by atoms with Crippen molar-refractivity contribution in [2.24, 2.45) is 0 Å². The molecule has 0 fully saturated rings. The Kier molecular flexibility index (Phi) is 6.14. The molecule has 0 unspecified atom stereocenters. The van der Waals surface area contributed by atoms with Crippen molar-refractivity contribution < 1.29 is 14.3 Å². The number of aromatic nitrogens is 1.